The third-order valence-electron chi connectivity index (χ3n) is 4.89. The molecule has 4 rings (SSSR count). The molecule has 1 atom stereocenters. The van der Waals surface area contributed by atoms with Gasteiger partial charge in [0.2, 0.25) is 0 Å². The van der Waals surface area contributed by atoms with Crippen LogP contribution in [0.15, 0.2) is 60.9 Å². The van der Waals surface area contributed by atoms with Crippen molar-refractivity contribution in [1.29, 1.82) is 5.41 Å². The lowest BCUT2D eigenvalue weighted by molar-refractivity contribution is 0.479. The van der Waals surface area contributed by atoms with Gasteiger partial charge in [0, 0.05) is 18.2 Å². The molecule has 0 bridgehead atoms. The summed E-state index contributed by atoms with van der Waals surface area (Å²) < 4.78 is 5.83. The van der Waals surface area contributed by atoms with Crippen LogP contribution in [0.2, 0.25) is 0 Å². The molecule has 0 spiro atoms. The van der Waals surface area contributed by atoms with Gasteiger partial charge < -0.3 is 21.1 Å². The fraction of sp³-hybridized carbons (Fsp3) is 0.292. The van der Waals surface area contributed by atoms with Crippen molar-refractivity contribution in [3.63, 3.8) is 0 Å². The summed E-state index contributed by atoms with van der Waals surface area (Å²) in [5.41, 5.74) is 7.65. The van der Waals surface area contributed by atoms with Gasteiger partial charge in [0.05, 0.1) is 11.3 Å². The maximum Gasteiger partial charge on any atom is 0.141 e. The van der Waals surface area contributed by atoms with Crippen molar-refractivity contribution in [3.8, 4) is 11.5 Å². The summed E-state index contributed by atoms with van der Waals surface area (Å²) in [7, 11) is 0. The Labute approximate surface area is 183 Å². The van der Waals surface area contributed by atoms with Gasteiger partial charge in [0.15, 0.2) is 0 Å². The normalized spacial score (nSPS) is 15.4. The van der Waals surface area contributed by atoms with Crippen LogP contribution >= 0.6 is 0 Å². The molecule has 7 heteroatoms. The quantitative estimate of drug-likeness (QED) is 0.440. The fourth-order valence-corrected chi connectivity index (χ4v) is 3.38. The Kier molecular flexibility index (Phi) is 7.95. The van der Waals surface area contributed by atoms with Crippen molar-refractivity contribution in [2.24, 2.45) is 0 Å². The Morgan fingerprint density at radius 3 is 2.45 bits per heavy atom. The highest BCUT2D eigenvalue weighted by Crippen LogP contribution is 2.26. The first-order valence-electron chi connectivity index (χ1n) is 10.7. The van der Waals surface area contributed by atoms with E-state index in [1.807, 2.05) is 68.4 Å². The molecule has 7 nitrogen and oxygen atoms in total. The van der Waals surface area contributed by atoms with Crippen LogP contribution in [0.1, 0.15) is 37.8 Å². The average molecular weight is 419 g/mol. The van der Waals surface area contributed by atoms with Gasteiger partial charge in [-0.25, -0.2) is 9.97 Å². The number of hydrogen-bond donors (Lipinski definition) is 4. The SMILES string of the molecule is CC.N=C(c1ccc(Oc2ccccc2)cc1)c1c(N)ncnc1NC1CCCNC1. The van der Waals surface area contributed by atoms with Crippen molar-refractivity contribution in [3.05, 3.63) is 72.1 Å². The molecule has 1 fully saturated rings. The monoisotopic (exact) mass is 418 g/mol. The number of aromatic nitrogens is 2. The van der Waals surface area contributed by atoms with Crippen LogP contribution in [0.5, 0.6) is 11.5 Å². The van der Waals surface area contributed by atoms with E-state index in [1.54, 1.807) is 0 Å². The van der Waals surface area contributed by atoms with Gasteiger partial charge in [0.1, 0.15) is 29.5 Å². The van der Waals surface area contributed by atoms with E-state index in [0.29, 0.717) is 22.9 Å². The zero-order chi connectivity index (χ0) is 22.1. The number of piperidine rings is 1. The van der Waals surface area contributed by atoms with Crippen LogP contribution in [0.25, 0.3) is 0 Å². The highest BCUT2D eigenvalue weighted by atomic mass is 16.5. The number of anilines is 2. The third kappa shape index (κ3) is 5.79. The molecule has 162 valence electrons. The number of hydrogen-bond acceptors (Lipinski definition) is 7. The van der Waals surface area contributed by atoms with E-state index in [4.69, 9.17) is 15.9 Å². The van der Waals surface area contributed by atoms with Crippen LogP contribution in [-0.4, -0.2) is 34.8 Å². The fourth-order valence-electron chi connectivity index (χ4n) is 3.38. The van der Waals surface area contributed by atoms with Gasteiger partial charge in [-0.3, -0.25) is 5.41 Å². The van der Waals surface area contributed by atoms with Crippen LogP contribution < -0.4 is 21.1 Å². The predicted molar refractivity (Wildman–Crippen MR) is 126 cm³/mol. The Balaban J connectivity index is 0.00000132. The maximum atomic E-state index is 8.70. The predicted octanol–water partition coefficient (Wildman–Crippen LogP) is 4.46. The Morgan fingerprint density at radius 2 is 1.77 bits per heavy atom. The molecule has 5 N–H and O–H groups in total. The molecule has 2 heterocycles. The third-order valence-corrected chi connectivity index (χ3v) is 4.89. The zero-order valence-corrected chi connectivity index (χ0v) is 18.1. The molecule has 0 saturated carbocycles. The number of rotatable bonds is 6. The van der Waals surface area contributed by atoms with E-state index >= 15 is 0 Å². The molecule has 2 aromatic carbocycles. The standard InChI is InChI=1S/C22H24N6O.C2H6/c23-20(15-8-10-18(11-9-15)29-17-6-2-1-3-7-17)19-21(24)26-14-27-22(19)28-16-5-4-12-25-13-16;1-2/h1-3,6-11,14,16,23,25H,4-5,12-13H2,(H3,24,26,27,28);1-2H3. The minimum atomic E-state index is 0.256. The molecule has 1 aliphatic rings. The second kappa shape index (κ2) is 11.1. The van der Waals surface area contributed by atoms with E-state index in [0.717, 1.165) is 37.2 Å². The molecule has 1 aromatic heterocycles. The smallest absolute Gasteiger partial charge is 0.141 e. The first-order chi connectivity index (χ1) is 15.2. The summed E-state index contributed by atoms with van der Waals surface area (Å²) in [5, 5.41) is 15.5. The van der Waals surface area contributed by atoms with E-state index in [9.17, 15) is 0 Å². The summed E-state index contributed by atoms with van der Waals surface area (Å²) in [6.07, 6.45) is 3.59. The van der Waals surface area contributed by atoms with Crippen molar-refractivity contribution in [2.75, 3.05) is 24.1 Å². The lowest BCUT2D eigenvalue weighted by atomic mass is 10.0. The van der Waals surface area contributed by atoms with E-state index in [-0.39, 0.29) is 11.8 Å². The summed E-state index contributed by atoms with van der Waals surface area (Å²) in [5.74, 6) is 2.36. The summed E-state index contributed by atoms with van der Waals surface area (Å²) in [4.78, 5) is 8.46. The molecular formula is C24H30N6O. The van der Waals surface area contributed by atoms with E-state index < -0.39 is 0 Å². The average Bonchev–Trinajstić information content (AvgIpc) is 2.82. The van der Waals surface area contributed by atoms with Crippen LogP contribution in [0, 0.1) is 5.41 Å². The summed E-state index contributed by atoms with van der Waals surface area (Å²) in [6, 6.07) is 17.2. The van der Waals surface area contributed by atoms with Crippen LogP contribution in [-0.2, 0) is 0 Å². The molecule has 0 amide bonds. The Morgan fingerprint density at radius 1 is 1.06 bits per heavy atom. The van der Waals surface area contributed by atoms with Crippen molar-refractivity contribution >= 4 is 17.3 Å². The first-order valence-corrected chi connectivity index (χ1v) is 10.7. The molecule has 31 heavy (non-hydrogen) atoms. The van der Waals surface area contributed by atoms with E-state index in [1.165, 1.54) is 6.33 Å². The van der Waals surface area contributed by atoms with E-state index in [2.05, 4.69) is 20.6 Å². The van der Waals surface area contributed by atoms with Crippen LogP contribution in [0.4, 0.5) is 11.6 Å². The topological polar surface area (TPSA) is 109 Å². The highest BCUT2D eigenvalue weighted by Gasteiger charge is 2.20. The lowest BCUT2D eigenvalue weighted by Crippen LogP contribution is -2.39. The van der Waals surface area contributed by atoms with Gasteiger partial charge in [-0.1, -0.05) is 32.0 Å². The molecule has 1 aliphatic heterocycles. The number of nitrogens with zero attached hydrogens (tertiary/aromatic N) is 2. The highest BCUT2D eigenvalue weighted by molar-refractivity contribution is 6.16. The van der Waals surface area contributed by atoms with Gasteiger partial charge in [-0.05, 0) is 55.8 Å². The van der Waals surface area contributed by atoms with Gasteiger partial charge in [0.25, 0.3) is 0 Å². The molecule has 0 radical (unpaired) electrons. The number of nitrogens with two attached hydrogens (primary N) is 1. The summed E-state index contributed by atoms with van der Waals surface area (Å²) in [6.45, 7) is 5.90. The van der Waals surface area contributed by atoms with Crippen LogP contribution in [0.3, 0.4) is 0 Å². The van der Waals surface area contributed by atoms with Gasteiger partial charge in [-0.15, -0.1) is 0 Å². The minimum absolute atomic E-state index is 0.256. The molecule has 1 unspecified atom stereocenters. The molecule has 0 aliphatic carbocycles. The number of benzene rings is 2. The number of para-hydroxylation sites is 1. The van der Waals surface area contributed by atoms with Crippen molar-refractivity contribution < 1.29 is 4.74 Å². The van der Waals surface area contributed by atoms with Crippen molar-refractivity contribution in [2.45, 2.75) is 32.7 Å². The number of ether oxygens (including phenoxy) is 1. The second-order valence-electron chi connectivity index (χ2n) is 6.98. The minimum Gasteiger partial charge on any atom is -0.457 e. The van der Waals surface area contributed by atoms with Gasteiger partial charge in [-0.2, -0.15) is 0 Å². The van der Waals surface area contributed by atoms with Crippen molar-refractivity contribution in [1.82, 2.24) is 15.3 Å². The number of nitrogen functional groups attached to an aromatic ring is 1. The summed E-state index contributed by atoms with van der Waals surface area (Å²) >= 11 is 0. The second-order valence-corrected chi connectivity index (χ2v) is 6.98. The van der Waals surface area contributed by atoms with Gasteiger partial charge >= 0.3 is 0 Å². The molecular weight excluding hydrogens is 388 g/mol. The zero-order valence-electron chi connectivity index (χ0n) is 18.1. The Bertz CT molecular complexity index is 969. The first kappa shape index (κ1) is 22.2. The lowest BCUT2D eigenvalue weighted by Gasteiger charge is -2.25. The number of nitrogens with one attached hydrogen (secondary N) is 3. The molecule has 1 saturated heterocycles. The maximum absolute atomic E-state index is 8.70. The Hall–Kier alpha value is -3.45. The molecule has 3 aromatic rings. The largest absolute Gasteiger partial charge is 0.457 e.